The van der Waals surface area contributed by atoms with Crippen molar-refractivity contribution >= 4 is 28.9 Å². The lowest BCUT2D eigenvalue weighted by Crippen LogP contribution is -2.46. The van der Waals surface area contributed by atoms with Gasteiger partial charge in [0, 0.05) is 32.2 Å². The van der Waals surface area contributed by atoms with Gasteiger partial charge in [-0.3, -0.25) is 23.5 Å². The van der Waals surface area contributed by atoms with Gasteiger partial charge in [0.1, 0.15) is 0 Å². The van der Waals surface area contributed by atoms with Gasteiger partial charge in [-0.1, -0.05) is 11.6 Å². The summed E-state index contributed by atoms with van der Waals surface area (Å²) in [6.45, 7) is 7.06. The first-order chi connectivity index (χ1) is 17.8. The van der Waals surface area contributed by atoms with Crippen LogP contribution in [-0.2, 0) is 11.8 Å². The van der Waals surface area contributed by atoms with Gasteiger partial charge in [-0.25, -0.2) is 4.79 Å². The number of aromatic nitrogens is 2. The minimum absolute atomic E-state index is 0.277. The van der Waals surface area contributed by atoms with Crippen LogP contribution in [0.25, 0.3) is 10.9 Å². The lowest BCUT2D eigenvalue weighted by atomic mass is 10.0. The molecular formula is C27H32N4O6. The van der Waals surface area contributed by atoms with Gasteiger partial charge >= 0.3 is 5.69 Å². The monoisotopic (exact) mass is 508 g/mol. The summed E-state index contributed by atoms with van der Waals surface area (Å²) in [7, 11) is 1.66. The van der Waals surface area contributed by atoms with E-state index in [0.717, 1.165) is 5.56 Å². The summed E-state index contributed by atoms with van der Waals surface area (Å²) in [5.74, 6) is 0.576. The van der Waals surface area contributed by atoms with Gasteiger partial charge in [0.25, 0.3) is 11.5 Å². The second-order valence-electron chi connectivity index (χ2n) is 9.03. The molecule has 3 aromatic rings. The number of amides is 2. The summed E-state index contributed by atoms with van der Waals surface area (Å²) in [6, 6.07) is 8.31. The van der Waals surface area contributed by atoms with Gasteiger partial charge in [-0.05, 0) is 51.8 Å². The maximum absolute atomic E-state index is 13.5. The molecule has 1 aromatic heterocycles. The van der Waals surface area contributed by atoms with Crippen LogP contribution in [-0.4, -0.2) is 52.7 Å². The number of likely N-dealkylation sites (tertiary alicyclic amines) is 1. The van der Waals surface area contributed by atoms with E-state index in [4.69, 9.17) is 9.47 Å². The maximum Gasteiger partial charge on any atom is 0.331 e. The van der Waals surface area contributed by atoms with Crippen LogP contribution >= 0.6 is 0 Å². The summed E-state index contributed by atoms with van der Waals surface area (Å²) < 4.78 is 14.1. The lowest BCUT2D eigenvalue weighted by molar-refractivity contribution is -0.105. The topological polar surface area (TPSA) is 112 Å². The van der Waals surface area contributed by atoms with Crippen molar-refractivity contribution in [1.82, 2.24) is 14.0 Å². The van der Waals surface area contributed by atoms with Crippen LogP contribution in [0.4, 0.5) is 5.69 Å². The molecule has 10 nitrogen and oxygen atoms in total. The largest absolute Gasteiger partial charge is 0.490 e. The molecule has 1 fully saturated rings. The lowest BCUT2D eigenvalue weighted by Gasteiger charge is -2.33. The Bertz CT molecular complexity index is 1450. The second-order valence-corrected chi connectivity index (χ2v) is 9.03. The molecule has 1 aliphatic heterocycles. The molecule has 196 valence electrons. The number of anilines is 1. The third-order valence-corrected chi connectivity index (χ3v) is 6.70. The van der Waals surface area contributed by atoms with Crippen molar-refractivity contribution in [3.63, 3.8) is 0 Å². The Morgan fingerprint density at radius 1 is 1.05 bits per heavy atom. The molecule has 1 saturated heterocycles. The Hall–Kier alpha value is -4.08. The van der Waals surface area contributed by atoms with E-state index >= 15 is 0 Å². The Kier molecular flexibility index (Phi) is 7.66. The molecule has 10 heteroatoms. The molecule has 2 heterocycles. The molecule has 2 aromatic carbocycles. The number of aryl methyl sites for hydroxylation is 2. The first-order valence-corrected chi connectivity index (χ1v) is 12.5. The third-order valence-electron chi connectivity index (χ3n) is 6.70. The first kappa shape index (κ1) is 26.0. The van der Waals surface area contributed by atoms with Crippen LogP contribution in [0.15, 0.2) is 39.9 Å². The fraction of sp³-hybridized carbons (Fsp3) is 0.407. The molecule has 0 aliphatic carbocycles. The minimum Gasteiger partial charge on any atom is -0.490 e. The number of ether oxygens (including phenoxy) is 2. The van der Waals surface area contributed by atoms with Crippen LogP contribution in [0.1, 0.15) is 48.7 Å². The average Bonchev–Trinajstić information content (AvgIpc) is 2.89. The second kappa shape index (κ2) is 10.9. The molecule has 1 aliphatic rings. The number of nitrogens with zero attached hydrogens (tertiary/aromatic N) is 3. The van der Waals surface area contributed by atoms with E-state index in [0.29, 0.717) is 73.6 Å². The highest BCUT2D eigenvalue weighted by Gasteiger charge is 2.29. The smallest absolute Gasteiger partial charge is 0.331 e. The molecule has 0 spiro atoms. The summed E-state index contributed by atoms with van der Waals surface area (Å²) in [5, 5.41) is 3.09. The number of piperidine rings is 1. The van der Waals surface area contributed by atoms with Crippen LogP contribution in [0.2, 0.25) is 0 Å². The van der Waals surface area contributed by atoms with Crippen LogP contribution < -0.4 is 26.0 Å². The molecule has 1 N–H and O–H groups in total. The van der Waals surface area contributed by atoms with Crippen molar-refractivity contribution in [2.45, 2.75) is 39.7 Å². The first-order valence-electron chi connectivity index (χ1n) is 12.5. The molecule has 0 bridgehead atoms. The van der Waals surface area contributed by atoms with Crippen molar-refractivity contribution in [2.75, 3.05) is 31.6 Å². The normalized spacial score (nSPS) is 14.0. The molecule has 4 rings (SSSR count). The van der Waals surface area contributed by atoms with E-state index in [1.54, 1.807) is 36.2 Å². The van der Waals surface area contributed by atoms with Crippen molar-refractivity contribution in [1.29, 1.82) is 0 Å². The average molecular weight is 509 g/mol. The summed E-state index contributed by atoms with van der Waals surface area (Å²) in [5.41, 5.74) is 1.47. The summed E-state index contributed by atoms with van der Waals surface area (Å²) in [4.78, 5) is 52.8. The van der Waals surface area contributed by atoms with Gasteiger partial charge in [0.05, 0.1) is 35.4 Å². The fourth-order valence-corrected chi connectivity index (χ4v) is 4.87. The van der Waals surface area contributed by atoms with Crippen molar-refractivity contribution in [2.24, 2.45) is 7.05 Å². The standard InChI is InChI=1S/C27H32N4O6/c1-5-36-23-14-19(21(28-16-32)15-24(23)37-6-2)25(33)30-11-9-18(10-12-30)31-26(34)20-13-17(3)7-8-22(20)29(4)27(31)35/h7-8,13-16,18H,5-6,9-12H2,1-4H3,(H,28,32). The number of benzene rings is 2. The summed E-state index contributed by atoms with van der Waals surface area (Å²) >= 11 is 0. The number of hydrogen-bond acceptors (Lipinski definition) is 6. The molecule has 2 amide bonds. The molecule has 0 atom stereocenters. The van der Waals surface area contributed by atoms with E-state index in [1.165, 1.54) is 9.13 Å². The van der Waals surface area contributed by atoms with Gasteiger partial charge in [-0.2, -0.15) is 0 Å². The zero-order chi connectivity index (χ0) is 26.7. The number of nitrogens with one attached hydrogen (secondary N) is 1. The van der Waals surface area contributed by atoms with Gasteiger partial charge in [0.15, 0.2) is 11.5 Å². The number of carbonyl (C=O) groups is 2. The number of hydrogen-bond donors (Lipinski definition) is 1. The SMILES string of the molecule is CCOc1cc(NC=O)c(C(=O)N2CCC(n3c(=O)c4cc(C)ccc4n(C)c3=O)CC2)cc1OCC. The fourth-order valence-electron chi connectivity index (χ4n) is 4.87. The zero-order valence-corrected chi connectivity index (χ0v) is 21.6. The Labute approximate surface area is 214 Å². The minimum atomic E-state index is -0.364. The molecule has 0 unspecified atom stereocenters. The van der Waals surface area contributed by atoms with Crippen molar-refractivity contribution in [3.8, 4) is 11.5 Å². The quantitative estimate of drug-likeness (QED) is 0.469. The maximum atomic E-state index is 13.5. The van der Waals surface area contributed by atoms with E-state index in [1.807, 2.05) is 26.8 Å². The van der Waals surface area contributed by atoms with E-state index < -0.39 is 0 Å². The van der Waals surface area contributed by atoms with Crippen LogP contribution in [0.3, 0.4) is 0 Å². The molecular weight excluding hydrogens is 476 g/mol. The number of carbonyl (C=O) groups excluding carboxylic acids is 2. The van der Waals surface area contributed by atoms with E-state index in [2.05, 4.69) is 5.32 Å². The Balaban J connectivity index is 1.62. The Morgan fingerprint density at radius 3 is 2.32 bits per heavy atom. The predicted molar refractivity (Wildman–Crippen MR) is 141 cm³/mol. The van der Waals surface area contributed by atoms with Crippen molar-refractivity contribution < 1.29 is 19.1 Å². The van der Waals surface area contributed by atoms with Gasteiger partial charge in [-0.15, -0.1) is 0 Å². The van der Waals surface area contributed by atoms with E-state index in [-0.39, 0.29) is 28.8 Å². The van der Waals surface area contributed by atoms with Gasteiger partial charge in [0.2, 0.25) is 6.41 Å². The third kappa shape index (κ3) is 4.96. The van der Waals surface area contributed by atoms with Crippen molar-refractivity contribution in [3.05, 3.63) is 62.3 Å². The highest BCUT2D eigenvalue weighted by molar-refractivity contribution is 6.02. The van der Waals surface area contributed by atoms with E-state index in [9.17, 15) is 19.2 Å². The predicted octanol–water partition coefficient (Wildman–Crippen LogP) is 2.85. The highest BCUT2D eigenvalue weighted by Crippen LogP contribution is 2.35. The molecule has 0 radical (unpaired) electrons. The van der Waals surface area contributed by atoms with Crippen LogP contribution in [0, 0.1) is 6.92 Å². The Morgan fingerprint density at radius 2 is 1.70 bits per heavy atom. The molecule has 37 heavy (non-hydrogen) atoms. The summed E-state index contributed by atoms with van der Waals surface area (Å²) in [6.07, 6.45) is 1.41. The van der Waals surface area contributed by atoms with Crippen LogP contribution in [0.5, 0.6) is 11.5 Å². The highest BCUT2D eigenvalue weighted by atomic mass is 16.5. The molecule has 0 saturated carbocycles. The zero-order valence-electron chi connectivity index (χ0n) is 21.6. The van der Waals surface area contributed by atoms with Gasteiger partial charge < -0.3 is 19.7 Å². The number of rotatable bonds is 8. The number of fused-ring (bicyclic) bond motifs is 1.